The van der Waals surface area contributed by atoms with E-state index in [-0.39, 0.29) is 97.1 Å². The van der Waals surface area contributed by atoms with Crippen molar-refractivity contribution in [3.05, 3.63) is 175 Å². The molecule has 0 aliphatic carbocycles. The fourth-order valence-electron chi connectivity index (χ4n) is 14.4. The van der Waals surface area contributed by atoms with E-state index in [4.69, 9.17) is 37.9 Å². The van der Waals surface area contributed by atoms with Crippen molar-refractivity contribution in [2.24, 2.45) is 27.7 Å². The third-order valence-corrected chi connectivity index (χ3v) is 21.9. The number of carbonyl (C=O) groups is 2. The van der Waals surface area contributed by atoms with Gasteiger partial charge in [-0.3, -0.25) is 9.98 Å². The van der Waals surface area contributed by atoms with Crippen LogP contribution in [0.5, 0.6) is 28.7 Å². The van der Waals surface area contributed by atoms with Crippen LogP contribution in [0.15, 0.2) is 151 Å². The number of benzene rings is 7. The third kappa shape index (κ3) is 23.8. The molecule has 11 heterocycles. The maximum absolute atomic E-state index is 13.7. The zero-order valence-corrected chi connectivity index (χ0v) is 69.6. The van der Waals surface area contributed by atoms with Crippen molar-refractivity contribution in [2.75, 3.05) is 78.9 Å². The highest BCUT2D eigenvalue weighted by Gasteiger charge is 2.37. The van der Waals surface area contributed by atoms with Crippen LogP contribution >= 0.6 is 47.8 Å². The number of nitrogens with zero attached hydrogens (tertiary/aromatic N) is 10. The van der Waals surface area contributed by atoms with Gasteiger partial charge in [0.05, 0.1) is 84.2 Å². The molecule has 119 heavy (non-hydrogen) atoms. The van der Waals surface area contributed by atoms with Crippen LogP contribution in [0.25, 0.3) is 55.0 Å². The van der Waals surface area contributed by atoms with Gasteiger partial charge in [-0.15, -0.1) is 0 Å². The van der Waals surface area contributed by atoms with Crippen molar-refractivity contribution in [2.45, 2.75) is 179 Å². The van der Waals surface area contributed by atoms with Gasteiger partial charge in [-0.05, 0) is 218 Å². The second kappa shape index (κ2) is 42.0. The van der Waals surface area contributed by atoms with Gasteiger partial charge in [0.15, 0.2) is 18.7 Å². The van der Waals surface area contributed by atoms with Gasteiger partial charge in [0.1, 0.15) is 51.6 Å². The first kappa shape index (κ1) is 93.8. The van der Waals surface area contributed by atoms with E-state index in [1.807, 2.05) is 118 Å². The van der Waals surface area contributed by atoms with Crippen molar-refractivity contribution in [1.82, 2.24) is 44.5 Å². The van der Waals surface area contributed by atoms with Gasteiger partial charge in [0, 0.05) is 114 Å². The number of fused-ring (bicyclic) bond motifs is 5. The van der Waals surface area contributed by atoms with E-state index < -0.39 is 11.2 Å². The monoisotopic (exact) mass is 1830 g/mol. The molecule has 3 atom stereocenters. The van der Waals surface area contributed by atoms with Crippen LogP contribution in [-0.4, -0.2) is 164 Å². The summed E-state index contributed by atoms with van der Waals surface area (Å²) in [6.45, 7) is 21.2. The Bertz CT molecular complexity index is 5090. The van der Waals surface area contributed by atoms with E-state index in [9.17, 15) is 28.6 Å². The molecule has 2 amide bonds. The second-order valence-corrected chi connectivity index (χ2v) is 34.5. The van der Waals surface area contributed by atoms with Crippen LogP contribution in [-0.2, 0) is 36.8 Å². The van der Waals surface area contributed by atoms with Gasteiger partial charge in [-0.25, -0.2) is 32.4 Å². The molecule has 0 spiro atoms. The van der Waals surface area contributed by atoms with E-state index in [2.05, 4.69) is 103 Å². The number of carbonyl (C=O) groups excluding carboxylic acids is 2. The number of hydrogen-bond acceptors (Lipinski definition) is 18. The lowest BCUT2D eigenvalue weighted by atomic mass is 9.99. The summed E-state index contributed by atoms with van der Waals surface area (Å²) in [7, 11) is 0. The van der Waals surface area contributed by atoms with Gasteiger partial charge in [0.25, 0.3) is 0 Å². The number of ether oxygens (including phenoxy) is 8. The largest absolute Gasteiger partial charge is 0.508 e. The maximum Gasteiger partial charge on any atom is 0.410 e. The number of aromatic hydroxyl groups is 2. The van der Waals surface area contributed by atoms with Crippen LogP contribution in [0, 0.1) is 29.4 Å². The van der Waals surface area contributed by atoms with Crippen LogP contribution in [0.4, 0.5) is 18.4 Å². The number of rotatable bonds is 14. The average Bonchev–Trinajstić information content (AvgIpc) is 1.68. The zero-order chi connectivity index (χ0) is 79.8. The smallest absolute Gasteiger partial charge is 0.410 e. The van der Waals surface area contributed by atoms with Crippen molar-refractivity contribution >= 4 is 105 Å². The summed E-state index contributed by atoms with van der Waals surface area (Å²) in [6, 6.07) is 33.5. The molecule has 0 bridgehead atoms. The number of amides is 2. The topological polar surface area (TPSA) is 245 Å². The summed E-state index contributed by atoms with van der Waals surface area (Å²) in [5.41, 5.74) is 9.81. The van der Waals surface area contributed by atoms with Gasteiger partial charge < -0.3 is 63.2 Å². The van der Waals surface area contributed by atoms with Crippen molar-refractivity contribution in [3.8, 4) is 51.0 Å². The summed E-state index contributed by atoms with van der Waals surface area (Å²) in [6.07, 6.45) is 17.6. The number of aliphatic imine (C=N–C) groups is 2. The molecule has 23 nitrogen and oxygen atoms in total. The van der Waals surface area contributed by atoms with Crippen LogP contribution in [0.1, 0.15) is 177 Å². The highest BCUT2D eigenvalue weighted by Crippen LogP contribution is 2.40. The summed E-state index contributed by atoms with van der Waals surface area (Å²) in [5.74, 6) is 3.66. The Hall–Kier alpha value is -9.03. The lowest BCUT2D eigenvalue weighted by molar-refractivity contribution is -0.0367. The molecule has 3 unspecified atom stereocenters. The number of phenols is 2. The van der Waals surface area contributed by atoms with E-state index in [0.717, 1.165) is 189 Å². The summed E-state index contributed by atoms with van der Waals surface area (Å²) in [5, 5.41) is 38.4. The number of phenolic OH excluding ortho intramolecular Hbond substituents is 2. The molecule has 3 N–H and O–H groups in total. The number of halogens is 5. The average molecular weight is 1830 g/mol. The molecule has 28 heteroatoms. The standard InChI is InChI=1S/C27H33N3O5.C21H28BrN3O4.C18H18N2O2.C12H12BrFN2O.C8H5BrFN.5CH4/c1-27(2,3)35-26(32)29-15-18(16-29)17-34-24-13-20(19-7-9-21(31)10-8-19)12-23-22(24)14-28-30(23)25-6-4-5-11-33-25;1-21(2,3)29-20(26)24-11-14(12-24)13-28-18-9-15(22)8-17-16(18)10-23-25(17)19-6-4-5-7-27-19;21-16-3-1-13(2-4-16)14-5-15-9-20-10-17(15)18(6-14)22-11-12-7-19-8-12;13-8-5-10(14)9-7-15-16(11(9)6-8)12-3-1-2-4-17-12;9-6-1-5-3-11-4-7(5)8(10)2-6;;;;;/h7-10,12-14,18,25,31H,4-6,11,15-17H2,1-3H3;8-10,14,19H,4-7,11-13H2,1-3H3;1-6,10,12,19,21H,7-9,11H2;5-7,12H,1-4H2;1-2,4H,3H2;5*1H4. The predicted molar refractivity (Wildman–Crippen MR) is 478 cm³/mol. The number of hydrogen-bond donors (Lipinski definition) is 3. The first-order valence-corrected chi connectivity index (χ1v) is 41.4. The quantitative estimate of drug-likeness (QED) is 0.0916. The second-order valence-electron chi connectivity index (χ2n) is 31.8. The first-order chi connectivity index (χ1) is 54.9. The Labute approximate surface area is 723 Å². The highest BCUT2D eigenvalue weighted by molar-refractivity contribution is 9.11. The Morgan fingerprint density at radius 1 is 0.462 bits per heavy atom. The van der Waals surface area contributed by atoms with E-state index >= 15 is 0 Å². The maximum atomic E-state index is 13.7. The fourth-order valence-corrected chi connectivity index (χ4v) is 15.8. The molecule has 6 fully saturated rings. The predicted octanol–water partition coefficient (Wildman–Crippen LogP) is 22.0. The number of likely N-dealkylation sites (tertiary alicyclic amines) is 2. The molecule has 8 aliphatic rings. The lowest BCUT2D eigenvalue weighted by Crippen LogP contribution is -2.53. The van der Waals surface area contributed by atoms with Crippen LogP contribution in [0.2, 0.25) is 0 Å². The highest BCUT2D eigenvalue weighted by atomic mass is 79.9. The molecule has 0 radical (unpaired) electrons. The SMILES string of the molecule is C.C.C.C.C.CC(C)(C)OC(=O)N1CC(COc2cc(-c3ccc(O)cc3)cc3c2cnn3C2CCCCO2)C1.CC(C)(C)OC(=O)N1CC(COc2cc(Br)cc3c2cnn3C2CCCCO2)C1.Fc1cc(Br)cc2c1C=NC2.Fc1cc(Br)cc2c1cnn2C1CCCCO1.Oc1ccc(-c2cc3c(c(OCC4CNC4)c2)C=NC3)cc1. The molecule has 6 saturated heterocycles. The van der Waals surface area contributed by atoms with Crippen molar-refractivity contribution in [3.63, 3.8) is 0 Å². The Morgan fingerprint density at radius 3 is 1.30 bits per heavy atom. The molecular formula is C91H116Br3F2N11O12. The summed E-state index contributed by atoms with van der Waals surface area (Å²) < 4.78 is 81.8. The van der Waals surface area contributed by atoms with Crippen molar-refractivity contribution in [1.29, 1.82) is 0 Å². The minimum Gasteiger partial charge on any atom is -0.508 e. The van der Waals surface area contributed by atoms with Crippen LogP contribution in [0.3, 0.4) is 0 Å². The normalized spacial score (nSPS) is 17.9. The van der Waals surface area contributed by atoms with Gasteiger partial charge in [-0.2, -0.15) is 15.3 Å². The van der Waals surface area contributed by atoms with E-state index in [1.54, 1.807) is 51.2 Å². The first-order valence-electron chi connectivity index (χ1n) is 39.0. The molecule has 18 rings (SSSR count). The Morgan fingerprint density at radius 2 is 0.849 bits per heavy atom. The summed E-state index contributed by atoms with van der Waals surface area (Å²) in [4.78, 5) is 36.1. The number of aromatic nitrogens is 6. The van der Waals surface area contributed by atoms with Gasteiger partial charge >= 0.3 is 12.2 Å². The molecule has 0 saturated carbocycles. The lowest BCUT2D eigenvalue weighted by Gasteiger charge is -2.39. The fraction of sp³-hybridized carbons (Fsp3) is 0.462. The molecule has 8 aliphatic heterocycles. The van der Waals surface area contributed by atoms with Gasteiger partial charge in [0.2, 0.25) is 0 Å². The Kier molecular flexibility index (Phi) is 33.1. The molecule has 10 aromatic rings. The number of nitrogens with one attached hydrogen (secondary N) is 1. The van der Waals surface area contributed by atoms with E-state index in [1.165, 1.54) is 17.7 Å². The van der Waals surface area contributed by atoms with Gasteiger partial charge in [-0.1, -0.05) is 109 Å². The van der Waals surface area contributed by atoms with E-state index in [0.29, 0.717) is 75.3 Å². The van der Waals surface area contributed by atoms with Crippen molar-refractivity contribution < 1.29 is 66.5 Å². The minimum atomic E-state index is -0.499. The minimum absolute atomic E-state index is 0. The summed E-state index contributed by atoms with van der Waals surface area (Å²) >= 11 is 10.1. The molecular weight excluding hydrogens is 1720 g/mol. The zero-order valence-electron chi connectivity index (χ0n) is 64.8. The Balaban J connectivity index is 0.000000175. The molecule has 642 valence electrons. The van der Waals surface area contributed by atoms with Crippen LogP contribution < -0.4 is 19.5 Å². The molecule has 7 aromatic carbocycles. The third-order valence-electron chi connectivity index (χ3n) is 20.5. The molecule has 3 aromatic heterocycles.